The average Bonchev–Trinajstić information content (AvgIpc) is 3.22. The van der Waals surface area contributed by atoms with Gasteiger partial charge in [-0.3, -0.25) is 9.48 Å². The summed E-state index contributed by atoms with van der Waals surface area (Å²) in [6.07, 6.45) is 0. The minimum atomic E-state index is -0.600. The van der Waals surface area contributed by atoms with Crippen molar-refractivity contribution in [3.8, 4) is 0 Å². The molecular weight excluding hydrogens is 370 g/mol. The van der Waals surface area contributed by atoms with E-state index < -0.39 is 11.9 Å². The van der Waals surface area contributed by atoms with Crippen LogP contribution in [0.15, 0.2) is 40.8 Å². The predicted octanol–water partition coefficient (Wildman–Crippen LogP) is 3.83. The maximum atomic E-state index is 12.5. The number of ether oxygens (including phenoxy) is 1. The summed E-state index contributed by atoms with van der Waals surface area (Å²) < 4.78 is 12.1. The Morgan fingerprint density at radius 2 is 2.00 bits per heavy atom. The number of hydrogen-bond donors (Lipinski definition) is 1. The molecule has 0 spiro atoms. The summed E-state index contributed by atoms with van der Waals surface area (Å²) in [6.45, 7) is 4.28. The van der Waals surface area contributed by atoms with Gasteiger partial charge in [-0.25, -0.2) is 4.79 Å². The van der Waals surface area contributed by atoms with Gasteiger partial charge < -0.3 is 14.5 Å². The van der Waals surface area contributed by atoms with Crippen molar-refractivity contribution in [2.45, 2.75) is 20.4 Å². The van der Waals surface area contributed by atoms with Crippen molar-refractivity contribution >= 4 is 29.2 Å². The summed E-state index contributed by atoms with van der Waals surface area (Å²) >= 11 is 5.92. The van der Waals surface area contributed by atoms with Crippen LogP contribution >= 0.6 is 11.6 Å². The first-order chi connectivity index (χ1) is 12.9. The van der Waals surface area contributed by atoms with Gasteiger partial charge in [0.15, 0.2) is 5.76 Å². The van der Waals surface area contributed by atoms with Crippen molar-refractivity contribution in [1.82, 2.24) is 9.78 Å². The molecule has 0 saturated carbocycles. The highest BCUT2D eigenvalue weighted by molar-refractivity contribution is 6.31. The van der Waals surface area contributed by atoms with E-state index in [0.29, 0.717) is 17.3 Å². The zero-order valence-corrected chi connectivity index (χ0v) is 15.8. The zero-order valence-electron chi connectivity index (χ0n) is 15.1. The van der Waals surface area contributed by atoms with E-state index in [1.165, 1.54) is 19.2 Å². The topological polar surface area (TPSA) is 86.4 Å². The second kappa shape index (κ2) is 7.67. The summed E-state index contributed by atoms with van der Waals surface area (Å²) in [4.78, 5) is 24.4. The number of halogens is 1. The first kappa shape index (κ1) is 18.7. The van der Waals surface area contributed by atoms with Gasteiger partial charge >= 0.3 is 5.97 Å². The molecule has 0 aliphatic heterocycles. The maximum Gasteiger partial charge on any atom is 0.340 e. The minimum Gasteiger partial charge on any atom is -0.465 e. The minimum absolute atomic E-state index is 0.122. The van der Waals surface area contributed by atoms with Gasteiger partial charge in [0.05, 0.1) is 30.6 Å². The number of carbonyl (C=O) groups excluding carboxylic acids is 2. The summed E-state index contributed by atoms with van der Waals surface area (Å²) in [5.74, 6) is -0.368. The van der Waals surface area contributed by atoms with E-state index in [0.717, 1.165) is 11.4 Å². The lowest BCUT2D eigenvalue weighted by molar-refractivity contribution is 0.0602. The van der Waals surface area contributed by atoms with E-state index >= 15 is 0 Å². The lowest BCUT2D eigenvalue weighted by Crippen LogP contribution is -2.15. The van der Waals surface area contributed by atoms with Crippen molar-refractivity contribution in [1.29, 1.82) is 0 Å². The molecule has 0 atom stereocenters. The van der Waals surface area contributed by atoms with E-state index in [1.807, 2.05) is 19.9 Å². The van der Waals surface area contributed by atoms with E-state index in [9.17, 15) is 9.59 Å². The van der Waals surface area contributed by atoms with Crippen molar-refractivity contribution in [2.75, 3.05) is 12.4 Å². The molecule has 3 aromatic rings. The highest BCUT2D eigenvalue weighted by Crippen LogP contribution is 2.22. The Hall–Kier alpha value is -3.06. The number of hydrogen-bond acceptors (Lipinski definition) is 5. The molecule has 0 aliphatic rings. The lowest BCUT2D eigenvalue weighted by Gasteiger charge is -2.09. The number of carbonyl (C=O) groups is 2. The van der Waals surface area contributed by atoms with Crippen LogP contribution in [-0.2, 0) is 11.3 Å². The second-order valence-electron chi connectivity index (χ2n) is 5.99. The van der Waals surface area contributed by atoms with Crippen LogP contribution in [0.2, 0.25) is 5.02 Å². The smallest absolute Gasteiger partial charge is 0.340 e. The fraction of sp³-hybridized carbons (Fsp3) is 0.211. The highest BCUT2D eigenvalue weighted by atomic mass is 35.5. The van der Waals surface area contributed by atoms with Crippen LogP contribution in [0.4, 0.5) is 5.69 Å². The molecule has 2 heterocycles. The van der Waals surface area contributed by atoms with Gasteiger partial charge in [-0.15, -0.1) is 0 Å². The second-order valence-corrected chi connectivity index (χ2v) is 6.42. The van der Waals surface area contributed by atoms with Crippen LogP contribution in [0.3, 0.4) is 0 Å². The molecule has 0 unspecified atom stereocenters. The Kier molecular flexibility index (Phi) is 5.32. The van der Waals surface area contributed by atoms with Gasteiger partial charge in [0.2, 0.25) is 0 Å². The van der Waals surface area contributed by atoms with Gasteiger partial charge in [-0.05, 0) is 50.2 Å². The predicted molar refractivity (Wildman–Crippen MR) is 100 cm³/mol. The standard InChI is InChI=1S/C19H18ClN3O4/c1-11-8-12(2)23(22-11)10-14-5-7-17(27-14)18(24)21-16-6-4-13(20)9-15(16)19(25)26-3/h4-9H,10H2,1-3H3,(H,21,24). The first-order valence-electron chi connectivity index (χ1n) is 8.16. The van der Waals surface area contributed by atoms with Crippen LogP contribution in [0.5, 0.6) is 0 Å². The van der Waals surface area contributed by atoms with Gasteiger partial charge in [-0.2, -0.15) is 5.10 Å². The third-order valence-corrected chi connectivity index (χ3v) is 4.16. The number of rotatable bonds is 5. The van der Waals surface area contributed by atoms with Crippen LogP contribution < -0.4 is 5.32 Å². The molecular formula is C19H18ClN3O4. The van der Waals surface area contributed by atoms with E-state index in [-0.39, 0.29) is 17.0 Å². The largest absolute Gasteiger partial charge is 0.465 e. The third-order valence-electron chi connectivity index (χ3n) is 3.93. The van der Waals surface area contributed by atoms with Crippen molar-refractivity contribution in [3.05, 3.63) is 69.9 Å². The third kappa shape index (κ3) is 4.20. The van der Waals surface area contributed by atoms with Crippen molar-refractivity contribution in [3.63, 3.8) is 0 Å². The number of benzene rings is 1. The number of anilines is 1. The quantitative estimate of drug-likeness (QED) is 0.672. The number of nitrogens with one attached hydrogen (secondary N) is 1. The number of methoxy groups -OCH3 is 1. The molecule has 0 saturated heterocycles. The molecule has 0 bridgehead atoms. The Balaban J connectivity index is 1.77. The monoisotopic (exact) mass is 387 g/mol. The number of esters is 1. The Bertz CT molecular complexity index is 1010. The molecule has 1 N–H and O–H groups in total. The molecule has 8 heteroatoms. The molecule has 7 nitrogen and oxygen atoms in total. The maximum absolute atomic E-state index is 12.5. The van der Waals surface area contributed by atoms with Crippen LogP contribution in [0.1, 0.15) is 38.1 Å². The molecule has 2 aromatic heterocycles. The zero-order chi connectivity index (χ0) is 19.6. The number of amides is 1. The van der Waals surface area contributed by atoms with E-state index in [2.05, 4.69) is 10.4 Å². The molecule has 3 rings (SSSR count). The highest BCUT2D eigenvalue weighted by Gasteiger charge is 2.18. The van der Waals surface area contributed by atoms with E-state index in [1.54, 1.807) is 22.9 Å². The SMILES string of the molecule is COC(=O)c1cc(Cl)ccc1NC(=O)c1ccc(Cn2nc(C)cc2C)o1. The molecule has 27 heavy (non-hydrogen) atoms. The van der Waals surface area contributed by atoms with Crippen molar-refractivity contribution in [2.24, 2.45) is 0 Å². The van der Waals surface area contributed by atoms with Crippen LogP contribution in [-0.4, -0.2) is 28.8 Å². The summed E-state index contributed by atoms with van der Waals surface area (Å²) in [6, 6.07) is 9.79. The summed E-state index contributed by atoms with van der Waals surface area (Å²) in [5.41, 5.74) is 2.36. The first-order valence-corrected chi connectivity index (χ1v) is 8.54. The fourth-order valence-electron chi connectivity index (χ4n) is 2.66. The number of aromatic nitrogens is 2. The molecule has 1 aromatic carbocycles. The lowest BCUT2D eigenvalue weighted by atomic mass is 10.1. The summed E-state index contributed by atoms with van der Waals surface area (Å²) in [5, 5.41) is 7.38. The fourth-order valence-corrected chi connectivity index (χ4v) is 2.83. The molecule has 0 radical (unpaired) electrons. The number of furan rings is 1. The van der Waals surface area contributed by atoms with Gasteiger partial charge in [0, 0.05) is 10.7 Å². The van der Waals surface area contributed by atoms with E-state index in [4.69, 9.17) is 20.8 Å². The number of aryl methyl sites for hydroxylation is 2. The molecule has 0 fully saturated rings. The summed E-state index contributed by atoms with van der Waals surface area (Å²) in [7, 11) is 1.26. The van der Waals surface area contributed by atoms with Crippen LogP contribution in [0, 0.1) is 13.8 Å². The Morgan fingerprint density at radius 3 is 2.67 bits per heavy atom. The van der Waals surface area contributed by atoms with Crippen molar-refractivity contribution < 1.29 is 18.7 Å². The molecule has 0 aliphatic carbocycles. The van der Waals surface area contributed by atoms with Gasteiger partial charge in [0.1, 0.15) is 5.76 Å². The van der Waals surface area contributed by atoms with Crippen LogP contribution in [0.25, 0.3) is 0 Å². The average molecular weight is 388 g/mol. The van der Waals surface area contributed by atoms with Gasteiger partial charge in [0.25, 0.3) is 5.91 Å². The molecule has 1 amide bonds. The number of nitrogens with zero attached hydrogens (tertiary/aromatic N) is 2. The Labute approximate surface area is 160 Å². The molecule has 140 valence electrons. The normalized spacial score (nSPS) is 10.7. The van der Waals surface area contributed by atoms with Gasteiger partial charge in [-0.1, -0.05) is 11.6 Å². The Morgan fingerprint density at radius 1 is 1.22 bits per heavy atom.